The Morgan fingerprint density at radius 1 is 0.944 bits per heavy atom. The SMILES string of the molecule is O=C(O)CCCNc1nc2cc(C(=O)N3CC[C@H](c4ccccc4)C3)ccc2nc1-c1ccccc1. The molecular weight excluding hydrogens is 452 g/mol. The summed E-state index contributed by atoms with van der Waals surface area (Å²) in [6, 6.07) is 25.6. The third kappa shape index (κ3) is 5.20. The second-order valence-electron chi connectivity index (χ2n) is 9.06. The summed E-state index contributed by atoms with van der Waals surface area (Å²) >= 11 is 0. The minimum absolute atomic E-state index is 0.000217. The van der Waals surface area contributed by atoms with E-state index in [4.69, 9.17) is 15.1 Å². The molecule has 1 aromatic heterocycles. The van der Waals surface area contributed by atoms with Crippen LogP contribution in [0.4, 0.5) is 5.82 Å². The van der Waals surface area contributed by atoms with Crippen LogP contribution < -0.4 is 5.32 Å². The zero-order valence-corrected chi connectivity index (χ0v) is 19.9. The van der Waals surface area contributed by atoms with Gasteiger partial charge in [-0.15, -0.1) is 0 Å². The molecule has 0 aliphatic carbocycles. The summed E-state index contributed by atoms with van der Waals surface area (Å²) < 4.78 is 0. The van der Waals surface area contributed by atoms with Crippen LogP contribution in [0, 0.1) is 0 Å². The molecule has 182 valence electrons. The molecule has 0 bridgehead atoms. The van der Waals surface area contributed by atoms with Crippen LogP contribution in [0.1, 0.15) is 41.1 Å². The number of benzene rings is 3. The van der Waals surface area contributed by atoms with Crippen LogP contribution in [0.15, 0.2) is 78.9 Å². The summed E-state index contributed by atoms with van der Waals surface area (Å²) in [6.45, 7) is 1.89. The number of carbonyl (C=O) groups excluding carboxylic acids is 1. The zero-order valence-electron chi connectivity index (χ0n) is 19.9. The highest BCUT2D eigenvalue weighted by atomic mass is 16.4. The summed E-state index contributed by atoms with van der Waals surface area (Å²) in [5.41, 5.74) is 4.80. The Balaban J connectivity index is 1.40. The van der Waals surface area contributed by atoms with E-state index in [-0.39, 0.29) is 12.3 Å². The number of likely N-dealkylation sites (tertiary alicyclic amines) is 1. The number of carboxylic acids is 1. The van der Waals surface area contributed by atoms with E-state index in [1.54, 1.807) is 6.07 Å². The van der Waals surface area contributed by atoms with E-state index in [1.165, 1.54) is 5.56 Å². The molecule has 0 spiro atoms. The van der Waals surface area contributed by atoms with Gasteiger partial charge in [0, 0.05) is 43.1 Å². The first kappa shape index (κ1) is 23.5. The molecule has 1 aliphatic heterocycles. The van der Waals surface area contributed by atoms with E-state index in [2.05, 4.69) is 17.4 Å². The first-order valence-electron chi connectivity index (χ1n) is 12.3. The molecule has 36 heavy (non-hydrogen) atoms. The predicted octanol–water partition coefficient (Wildman–Crippen LogP) is 5.20. The molecule has 3 aromatic carbocycles. The maximum atomic E-state index is 13.3. The zero-order chi connectivity index (χ0) is 24.9. The van der Waals surface area contributed by atoms with Crippen molar-refractivity contribution in [3.05, 3.63) is 90.0 Å². The number of rotatable bonds is 8. The van der Waals surface area contributed by atoms with E-state index in [0.29, 0.717) is 53.5 Å². The second kappa shape index (κ2) is 10.6. The van der Waals surface area contributed by atoms with Crippen molar-refractivity contribution in [1.82, 2.24) is 14.9 Å². The van der Waals surface area contributed by atoms with Gasteiger partial charge in [0.05, 0.1) is 11.0 Å². The average Bonchev–Trinajstić information content (AvgIpc) is 3.41. The van der Waals surface area contributed by atoms with E-state index in [1.807, 2.05) is 65.6 Å². The number of fused-ring (bicyclic) bond motifs is 1. The Kier molecular flexibility index (Phi) is 6.89. The van der Waals surface area contributed by atoms with Gasteiger partial charge in [0.25, 0.3) is 5.91 Å². The van der Waals surface area contributed by atoms with Crippen LogP contribution in [0.3, 0.4) is 0 Å². The van der Waals surface area contributed by atoms with Crippen LogP contribution >= 0.6 is 0 Å². The first-order valence-corrected chi connectivity index (χ1v) is 12.3. The Labute approximate surface area is 209 Å². The summed E-state index contributed by atoms with van der Waals surface area (Å²) in [5.74, 6) is 0.101. The molecule has 2 N–H and O–H groups in total. The predicted molar refractivity (Wildman–Crippen MR) is 140 cm³/mol. The van der Waals surface area contributed by atoms with Crippen molar-refractivity contribution in [3.8, 4) is 11.3 Å². The number of aliphatic carboxylic acids is 1. The molecule has 0 radical (unpaired) electrons. The summed E-state index contributed by atoms with van der Waals surface area (Å²) in [4.78, 5) is 35.8. The molecule has 0 unspecified atom stereocenters. The average molecular weight is 481 g/mol. The summed E-state index contributed by atoms with van der Waals surface area (Å²) in [6.07, 6.45) is 1.50. The summed E-state index contributed by atoms with van der Waals surface area (Å²) in [5, 5.41) is 12.2. The Hall–Kier alpha value is -4.26. The van der Waals surface area contributed by atoms with Crippen molar-refractivity contribution in [2.24, 2.45) is 0 Å². The van der Waals surface area contributed by atoms with Crippen LogP contribution in [-0.2, 0) is 4.79 Å². The van der Waals surface area contributed by atoms with Gasteiger partial charge in [-0.2, -0.15) is 0 Å². The Morgan fingerprint density at radius 2 is 1.69 bits per heavy atom. The molecule has 7 nitrogen and oxygen atoms in total. The molecule has 7 heteroatoms. The van der Waals surface area contributed by atoms with Crippen molar-refractivity contribution in [1.29, 1.82) is 0 Å². The third-order valence-electron chi connectivity index (χ3n) is 6.56. The van der Waals surface area contributed by atoms with Crippen molar-refractivity contribution in [3.63, 3.8) is 0 Å². The van der Waals surface area contributed by atoms with Crippen LogP contribution in [0.25, 0.3) is 22.3 Å². The lowest BCUT2D eigenvalue weighted by atomic mass is 9.99. The van der Waals surface area contributed by atoms with Gasteiger partial charge < -0.3 is 15.3 Å². The quantitative estimate of drug-likeness (QED) is 0.337. The second-order valence-corrected chi connectivity index (χ2v) is 9.06. The fourth-order valence-corrected chi connectivity index (χ4v) is 4.68. The number of carbonyl (C=O) groups is 2. The van der Waals surface area contributed by atoms with Crippen molar-refractivity contribution in [2.45, 2.75) is 25.2 Å². The molecule has 4 aromatic rings. The minimum Gasteiger partial charge on any atom is -0.481 e. The Bertz CT molecular complexity index is 1380. The smallest absolute Gasteiger partial charge is 0.303 e. The molecule has 1 atom stereocenters. The molecular formula is C29H28N4O3. The van der Waals surface area contributed by atoms with Crippen molar-refractivity contribution in [2.75, 3.05) is 25.0 Å². The van der Waals surface area contributed by atoms with Gasteiger partial charge in [-0.3, -0.25) is 9.59 Å². The number of anilines is 1. The number of amides is 1. The molecule has 5 rings (SSSR count). The molecule has 1 aliphatic rings. The van der Waals surface area contributed by atoms with E-state index < -0.39 is 5.97 Å². The molecule has 1 amide bonds. The summed E-state index contributed by atoms with van der Waals surface area (Å²) in [7, 11) is 0. The van der Waals surface area contributed by atoms with Gasteiger partial charge in [-0.1, -0.05) is 60.7 Å². The van der Waals surface area contributed by atoms with E-state index >= 15 is 0 Å². The van der Waals surface area contributed by atoms with Gasteiger partial charge in [0.15, 0.2) is 5.82 Å². The lowest BCUT2D eigenvalue weighted by Gasteiger charge is -2.17. The number of nitrogens with zero attached hydrogens (tertiary/aromatic N) is 3. The minimum atomic E-state index is -0.829. The lowest BCUT2D eigenvalue weighted by molar-refractivity contribution is -0.137. The van der Waals surface area contributed by atoms with Crippen LogP contribution in [-0.4, -0.2) is 51.5 Å². The molecule has 1 fully saturated rings. The maximum Gasteiger partial charge on any atom is 0.303 e. The van der Waals surface area contributed by atoms with Crippen molar-refractivity contribution < 1.29 is 14.7 Å². The fraction of sp³-hybridized carbons (Fsp3) is 0.241. The first-order chi connectivity index (χ1) is 17.6. The monoisotopic (exact) mass is 480 g/mol. The highest BCUT2D eigenvalue weighted by Gasteiger charge is 2.28. The number of aromatic nitrogens is 2. The van der Waals surface area contributed by atoms with Gasteiger partial charge >= 0.3 is 5.97 Å². The lowest BCUT2D eigenvalue weighted by Crippen LogP contribution is -2.28. The Morgan fingerprint density at radius 3 is 2.44 bits per heavy atom. The normalized spacial score (nSPS) is 15.2. The van der Waals surface area contributed by atoms with Gasteiger partial charge in [0.2, 0.25) is 0 Å². The van der Waals surface area contributed by atoms with Gasteiger partial charge in [-0.05, 0) is 36.6 Å². The highest BCUT2D eigenvalue weighted by Crippen LogP contribution is 2.30. The highest BCUT2D eigenvalue weighted by molar-refractivity contribution is 5.98. The fourth-order valence-electron chi connectivity index (χ4n) is 4.68. The largest absolute Gasteiger partial charge is 0.481 e. The number of hydrogen-bond donors (Lipinski definition) is 2. The van der Waals surface area contributed by atoms with E-state index in [0.717, 1.165) is 18.5 Å². The van der Waals surface area contributed by atoms with Crippen LogP contribution in [0.5, 0.6) is 0 Å². The molecule has 2 heterocycles. The standard InChI is InChI=1S/C29H28N4O3/c34-26(35)12-7-16-30-28-27(21-10-5-2-6-11-21)31-24-14-13-22(18-25(24)32-28)29(36)33-17-15-23(19-33)20-8-3-1-4-9-20/h1-6,8-11,13-14,18,23H,7,12,15-17,19H2,(H,30,32)(H,34,35)/t23-/m0/s1. The maximum absolute atomic E-state index is 13.3. The van der Waals surface area contributed by atoms with Gasteiger partial charge in [-0.25, -0.2) is 9.97 Å². The van der Waals surface area contributed by atoms with Crippen LogP contribution in [0.2, 0.25) is 0 Å². The number of nitrogens with one attached hydrogen (secondary N) is 1. The number of hydrogen-bond acceptors (Lipinski definition) is 5. The van der Waals surface area contributed by atoms with E-state index in [9.17, 15) is 9.59 Å². The topological polar surface area (TPSA) is 95.4 Å². The molecule has 0 saturated carbocycles. The van der Waals surface area contributed by atoms with Gasteiger partial charge in [0.1, 0.15) is 5.69 Å². The van der Waals surface area contributed by atoms with Crippen molar-refractivity contribution >= 4 is 28.7 Å². The molecule has 1 saturated heterocycles. The third-order valence-corrected chi connectivity index (χ3v) is 6.56. The number of carboxylic acid groups (broad SMARTS) is 1.